The van der Waals surface area contributed by atoms with E-state index < -0.39 is 41.4 Å². The fourth-order valence-corrected chi connectivity index (χ4v) is 5.21. The number of hydrogen-bond donors (Lipinski definition) is 5. The quantitative estimate of drug-likeness (QED) is 0.125. The van der Waals surface area contributed by atoms with Crippen LogP contribution in [-0.2, 0) is 25.5 Å². The zero-order chi connectivity index (χ0) is 36.0. The number of urea groups is 1. The highest BCUT2D eigenvalue weighted by atomic mass is 16.5. The second kappa shape index (κ2) is 18.2. The van der Waals surface area contributed by atoms with Gasteiger partial charge in [0, 0.05) is 30.2 Å². The SMILES string of the molecule is CC.CC(NC(=O)C(=O)NC(C)(C)C)C(=O)NNC(=O)N(CCCNC(=O)OCC1Cc2ccccc2-c2ccccc21)c1ccccc1. The molecule has 3 aromatic carbocycles. The monoisotopic (exact) mass is 672 g/mol. The van der Waals surface area contributed by atoms with E-state index in [0.29, 0.717) is 12.1 Å². The first-order valence-corrected chi connectivity index (χ1v) is 16.6. The van der Waals surface area contributed by atoms with Crippen molar-refractivity contribution in [1.29, 1.82) is 0 Å². The van der Waals surface area contributed by atoms with Crippen LogP contribution >= 0.6 is 0 Å². The summed E-state index contributed by atoms with van der Waals surface area (Å²) in [7, 11) is 0. The van der Waals surface area contributed by atoms with Crippen LogP contribution in [0.2, 0.25) is 0 Å². The summed E-state index contributed by atoms with van der Waals surface area (Å²) < 4.78 is 5.60. The van der Waals surface area contributed by atoms with E-state index in [1.807, 2.05) is 44.2 Å². The number of anilines is 1. The molecule has 0 fully saturated rings. The van der Waals surface area contributed by atoms with Gasteiger partial charge in [-0.25, -0.2) is 15.0 Å². The summed E-state index contributed by atoms with van der Waals surface area (Å²) >= 11 is 0. The predicted octanol–water partition coefficient (Wildman–Crippen LogP) is 4.80. The fraction of sp³-hybridized carbons (Fsp3) is 0.378. The smallest absolute Gasteiger partial charge is 0.407 e. The molecule has 0 spiro atoms. The van der Waals surface area contributed by atoms with Crippen LogP contribution in [0, 0.1) is 0 Å². The van der Waals surface area contributed by atoms with Gasteiger partial charge in [-0.15, -0.1) is 0 Å². The van der Waals surface area contributed by atoms with E-state index in [9.17, 15) is 24.0 Å². The van der Waals surface area contributed by atoms with Crippen LogP contribution in [0.5, 0.6) is 0 Å². The van der Waals surface area contributed by atoms with Gasteiger partial charge in [0.2, 0.25) is 0 Å². The highest BCUT2D eigenvalue weighted by Crippen LogP contribution is 2.39. The number of hydrazine groups is 1. The van der Waals surface area contributed by atoms with Crippen LogP contribution in [0.4, 0.5) is 15.3 Å². The van der Waals surface area contributed by atoms with Crippen molar-refractivity contribution in [2.24, 2.45) is 0 Å². The molecule has 0 aliphatic heterocycles. The van der Waals surface area contributed by atoms with E-state index in [2.05, 4.69) is 51.1 Å². The minimum atomic E-state index is -1.11. The van der Waals surface area contributed by atoms with Crippen molar-refractivity contribution in [3.05, 3.63) is 90.0 Å². The normalized spacial score (nSPS) is 13.5. The zero-order valence-corrected chi connectivity index (χ0v) is 29.1. The topological polar surface area (TPSA) is 158 Å². The number of amides is 6. The van der Waals surface area contributed by atoms with E-state index in [4.69, 9.17) is 4.74 Å². The number of carbonyl (C=O) groups is 5. The Balaban J connectivity index is 0.00000319. The summed E-state index contributed by atoms with van der Waals surface area (Å²) in [6.45, 7) is 11.2. The lowest BCUT2D eigenvalue weighted by atomic mass is 9.79. The van der Waals surface area contributed by atoms with Crippen LogP contribution in [-0.4, -0.2) is 61.1 Å². The Labute approximate surface area is 288 Å². The number of benzene rings is 3. The molecule has 49 heavy (non-hydrogen) atoms. The largest absolute Gasteiger partial charge is 0.449 e. The van der Waals surface area contributed by atoms with E-state index in [1.54, 1.807) is 45.0 Å². The molecule has 0 bridgehead atoms. The van der Waals surface area contributed by atoms with E-state index in [-0.39, 0.29) is 25.6 Å². The Kier molecular flexibility index (Phi) is 14.2. The summed E-state index contributed by atoms with van der Waals surface area (Å²) in [6.07, 6.45) is 0.618. The molecule has 0 radical (unpaired) electrons. The number of nitrogens with zero attached hydrogens (tertiary/aromatic N) is 1. The first-order chi connectivity index (χ1) is 23.4. The summed E-state index contributed by atoms with van der Waals surface area (Å²) in [5.41, 5.74) is 9.30. The number of ether oxygens (including phenoxy) is 1. The summed E-state index contributed by atoms with van der Waals surface area (Å²) in [6, 6.07) is 23.5. The van der Waals surface area contributed by atoms with Crippen molar-refractivity contribution >= 4 is 35.5 Å². The van der Waals surface area contributed by atoms with Crippen molar-refractivity contribution in [3.8, 4) is 11.1 Å². The van der Waals surface area contributed by atoms with Crippen LogP contribution in [0.25, 0.3) is 11.1 Å². The van der Waals surface area contributed by atoms with Gasteiger partial charge in [-0.05, 0) is 74.9 Å². The third-order valence-electron chi connectivity index (χ3n) is 7.46. The number of carbonyl (C=O) groups excluding carboxylic acids is 5. The van der Waals surface area contributed by atoms with Gasteiger partial charge < -0.3 is 20.7 Å². The molecular formula is C37H48N6O6. The Hall–Kier alpha value is -5.39. The number of rotatable bonds is 9. The van der Waals surface area contributed by atoms with E-state index >= 15 is 0 Å². The molecule has 1 aliphatic rings. The predicted molar refractivity (Wildman–Crippen MR) is 190 cm³/mol. The average Bonchev–Trinajstić information content (AvgIpc) is 3.09. The molecule has 2 atom stereocenters. The van der Waals surface area contributed by atoms with Crippen molar-refractivity contribution in [2.45, 2.75) is 71.9 Å². The standard InChI is InChI=1S/C35H42N6O6.C2H6/c1-23(37-31(43)32(44)38-35(2,3)4)30(42)39-40-33(45)41(26-14-6-5-7-15-26)20-12-19-36-34(46)47-22-25-21-24-13-8-9-16-27(24)29-18-11-10-17-28(25)29;1-2/h5-11,13-18,23,25H,12,19-22H2,1-4H3,(H,36,46)(H,37,43)(H,38,44)(H,39,42)(H,40,45);1-2H3. The second-order valence-electron chi connectivity index (χ2n) is 12.3. The Morgan fingerprint density at radius 3 is 2.16 bits per heavy atom. The van der Waals surface area contributed by atoms with Crippen molar-refractivity contribution < 1.29 is 28.7 Å². The van der Waals surface area contributed by atoms with Crippen LogP contribution in [0.1, 0.15) is 65.0 Å². The molecule has 0 aromatic heterocycles. The first-order valence-electron chi connectivity index (χ1n) is 16.6. The molecule has 12 heteroatoms. The minimum absolute atomic E-state index is 0.0380. The molecule has 0 saturated heterocycles. The Bertz CT molecular complexity index is 1590. The Morgan fingerprint density at radius 2 is 1.47 bits per heavy atom. The highest BCUT2D eigenvalue weighted by molar-refractivity contribution is 6.35. The number of hydrogen-bond acceptors (Lipinski definition) is 6. The number of para-hydroxylation sites is 1. The van der Waals surface area contributed by atoms with Gasteiger partial charge in [0.1, 0.15) is 12.6 Å². The van der Waals surface area contributed by atoms with E-state index in [0.717, 1.165) is 17.5 Å². The lowest BCUT2D eigenvalue weighted by Gasteiger charge is -2.27. The fourth-order valence-electron chi connectivity index (χ4n) is 5.21. The number of alkyl carbamates (subject to hydrolysis) is 1. The summed E-state index contributed by atoms with van der Waals surface area (Å²) in [5, 5.41) is 7.57. The lowest BCUT2D eigenvalue weighted by Crippen LogP contribution is -2.56. The zero-order valence-electron chi connectivity index (χ0n) is 29.1. The first kappa shape index (κ1) is 38.1. The van der Waals surface area contributed by atoms with Crippen LogP contribution < -0.4 is 31.7 Å². The summed E-state index contributed by atoms with van der Waals surface area (Å²) in [4.78, 5) is 63.8. The summed E-state index contributed by atoms with van der Waals surface area (Å²) in [5.74, 6) is -2.54. The van der Waals surface area contributed by atoms with Gasteiger partial charge in [-0.3, -0.25) is 24.7 Å². The van der Waals surface area contributed by atoms with Crippen molar-refractivity contribution in [1.82, 2.24) is 26.8 Å². The van der Waals surface area contributed by atoms with Crippen molar-refractivity contribution in [3.63, 3.8) is 0 Å². The van der Waals surface area contributed by atoms with Crippen molar-refractivity contribution in [2.75, 3.05) is 24.6 Å². The van der Waals surface area contributed by atoms with Gasteiger partial charge in [0.05, 0.1) is 0 Å². The average molecular weight is 673 g/mol. The maximum atomic E-state index is 13.1. The van der Waals surface area contributed by atoms with Gasteiger partial charge in [-0.1, -0.05) is 80.6 Å². The molecule has 1 aliphatic carbocycles. The van der Waals surface area contributed by atoms with Gasteiger partial charge in [0.25, 0.3) is 5.91 Å². The van der Waals surface area contributed by atoms with Gasteiger partial charge in [0.15, 0.2) is 0 Å². The number of fused-ring (bicyclic) bond motifs is 3. The molecule has 12 nitrogen and oxygen atoms in total. The van der Waals surface area contributed by atoms with Crippen LogP contribution in [0.3, 0.4) is 0 Å². The molecule has 0 saturated carbocycles. The maximum Gasteiger partial charge on any atom is 0.407 e. The highest BCUT2D eigenvalue weighted by Gasteiger charge is 2.26. The minimum Gasteiger partial charge on any atom is -0.449 e. The van der Waals surface area contributed by atoms with Crippen LogP contribution in [0.15, 0.2) is 78.9 Å². The molecule has 6 amide bonds. The van der Waals surface area contributed by atoms with Gasteiger partial charge >= 0.3 is 23.9 Å². The number of nitrogens with one attached hydrogen (secondary N) is 5. The third kappa shape index (κ3) is 11.4. The van der Waals surface area contributed by atoms with E-state index in [1.165, 1.54) is 23.0 Å². The maximum absolute atomic E-state index is 13.1. The molecule has 3 aromatic rings. The molecule has 0 heterocycles. The van der Waals surface area contributed by atoms with Gasteiger partial charge in [-0.2, -0.15) is 0 Å². The second-order valence-corrected chi connectivity index (χ2v) is 12.3. The molecule has 4 rings (SSSR count). The molecule has 262 valence electrons. The Morgan fingerprint density at radius 1 is 0.837 bits per heavy atom. The molecule has 2 unspecified atom stereocenters. The third-order valence-corrected chi connectivity index (χ3v) is 7.46. The molecule has 5 N–H and O–H groups in total. The molecular weight excluding hydrogens is 624 g/mol. The lowest BCUT2D eigenvalue weighted by molar-refractivity contribution is -0.141.